The van der Waals surface area contributed by atoms with Crippen molar-refractivity contribution >= 4 is 21.1 Å². The third-order valence-electron chi connectivity index (χ3n) is 5.50. The molecule has 0 atom stereocenters. The molecular formula is C20H21N3O4S. The standard InChI is InChI=1S/C20H21N3O4S/c1-13-10-16-17(22(3)20(25)19(24)21(16)2)11-18(13)28(26,27)23-9-8-14-6-4-5-7-15(14)12-23/h4-7,10-11H,8-9,12H2,1-3H3. The molecule has 1 aromatic heterocycles. The molecule has 4 rings (SSSR count). The Morgan fingerprint density at radius 2 is 1.46 bits per heavy atom. The fraction of sp³-hybridized carbons (Fsp3) is 0.300. The van der Waals surface area contributed by atoms with Gasteiger partial charge in [0.1, 0.15) is 0 Å². The molecule has 0 spiro atoms. The van der Waals surface area contributed by atoms with Crippen molar-refractivity contribution in [3.8, 4) is 0 Å². The van der Waals surface area contributed by atoms with Crippen molar-refractivity contribution in [3.05, 3.63) is 73.8 Å². The maximum absolute atomic E-state index is 13.4. The Bertz CT molecular complexity index is 1340. The molecule has 0 fully saturated rings. The van der Waals surface area contributed by atoms with Crippen molar-refractivity contribution in [2.45, 2.75) is 24.8 Å². The Morgan fingerprint density at radius 3 is 2.11 bits per heavy atom. The highest BCUT2D eigenvalue weighted by Gasteiger charge is 2.30. The van der Waals surface area contributed by atoms with Crippen LogP contribution in [0.2, 0.25) is 0 Å². The van der Waals surface area contributed by atoms with Gasteiger partial charge in [-0.2, -0.15) is 4.31 Å². The number of aromatic nitrogens is 2. The van der Waals surface area contributed by atoms with Crippen LogP contribution in [0.25, 0.3) is 11.0 Å². The fourth-order valence-electron chi connectivity index (χ4n) is 3.80. The molecule has 0 unspecified atom stereocenters. The van der Waals surface area contributed by atoms with Gasteiger partial charge in [0, 0.05) is 27.2 Å². The molecule has 3 aromatic rings. The van der Waals surface area contributed by atoms with Crippen molar-refractivity contribution < 1.29 is 8.42 Å². The minimum atomic E-state index is -3.75. The molecule has 0 N–H and O–H groups in total. The zero-order valence-corrected chi connectivity index (χ0v) is 16.8. The van der Waals surface area contributed by atoms with Gasteiger partial charge in [0.15, 0.2) is 0 Å². The van der Waals surface area contributed by atoms with E-state index in [9.17, 15) is 18.0 Å². The van der Waals surface area contributed by atoms with Gasteiger partial charge in [0.25, 0.3) is 0 Å². The van der Waals surface area contributed by atoms with E-state index in [1.165, 1.54) is 39.2 Å². The van der Waals surface area contributed by atoms with Gasteiger partial charge in [-0.25, -0.2) is 8.42 Å². The highest BCUT2D eigenvalue weighted by molar-refractivity contribution is 7.89. The molecule has 0 radical (unpaired) electrons. The van der Waals surface area contributed by atoms with Crippen molar-refractivity contribution in [2.75, 3.05) is 6.54 Å². The number of fused-ring (bicyclic) bond motifs is 2. The first-order valence-electron chi connectivity index (χ1n) is 8.99. The molecule has 0 aliphatic carbocycles. The molecule has 8 heteroatoms. The van der Waals surface area contributed by atoms with Gasteiger partial charge in [0.2, 0.25) is 10.0 Å². The first-order chi connectivity index (χ1) is 13.2. The van der Waals surface area contributed by atoms with Gasteiger partial charge in [-0.15, -0.1) is 0 Å². The number of hydrogen-bond acceptors (Lipinski definition) is 4. The predicted molar refractivity (Wildman–Crippen MR) is 107 cm³/mol. The van der Waals surface area contributed by atoms with Crippen LogP contribution in [0.5, 0.6) is 0 Å². The summed E-state index contributed by atoms with van der Waals surface area (Å²) < 4.78 is 30.7. The van der Waals surface area contributed by atoms with E-state index in [-0.39, 0.29) is 4.90 Å². The Hall–Kier alpha value is -2.71. The lowest BCUT2D eigenvalue weighted by molar-refractivity contribution is 0.391. The van der Waals surface area contributed by atoms with Crippen molar-refractivity contribution in [1.29, 1.82) is 0 Å². The average Bonchev–Trinajstić information content (AvgIpc) is 2.69. The van der Waals surface area contributed by atoms with E-state index in [0.717, 1.165) is 5.56 Å². The summed E-state index contributed by atoms with van der Waals surface area (Å²) in [4.78, 5) is 24.4. The summed E-state index contributed by atoms with van der Waals surface area (Å²) in [5.74, 6) is 0. The predicted octanol–water partition coefficient (Wildman–Crippen LogP) is 1.29. The third kappa shape index (κ3) is 2.71. The number of rotatable bonds is 2. The van der Waals surface area contributed by atoms with Gasteiger partial charge in [0.05, 0.1) is 15.9 Å². The van der Waals surface area contributed by atoms with E-state index in [4.69, 9.17) is 0 Å². The molecule has 0 saturated heterocycles. The van der Waals surface area contributed by atoms with Gasteiger partial charge < -0.3 is 9.13 Å². The van der Waals surface area contributed by atoms with Crippen LogP contribution in [0.4, 0.5) is 0 Å². The van der Waals surface area contributed by atoms with Gasteiger partial charge in [-0.3, -0.25) is 9.59 Å². The molecule has 1 aliphatic rings. The summed E-state index contributed by atoms with van der Waals surface area (Å²) in [5.41, 5.74) is 2.32. The molecule has 0 amide bonds. The monoisotopic (exact) mass is 399 g/mol. The Kier molecular flexibility index (Phi) is 4.28. The van der Waals surface area contributed by atoms with Crippen LogP contribution in [0.3, 0.4) is 0 Å². The zero-order chi connectivity index (χ0) is 20.2. The first-order valence-corrected chi connectivity index (χ1v) is 10.4. The van der Waals surface area contributed by atoms with Crippen molar-refractivity contribution in [1.82, 2.24) is 13.4 Å². The summed E-state index contributed by atoms with van der Waals surface area (Å²) in [5, 5.41) is 0. The molecule has 2 heterocycles. The summed E-state index contributed by atoms with van der Waals surface area (Å²) in [6.45, 7) is 2.44. The second-order valence-corrected chi connectivity index (χ2v) is 9.10. The molecule has 28 heavy (non-hydrogen) atoms. The van der Waals surface area contributed by atoms with Gasteiger partial charge >= 0.3 is 11.1 Å². The molecule has 0 saturated carbocycles. The van der Waals surface area contributed by atoms with Gasteiger partial charge in [-0.1, -0.05) is 24.3 Å². The lowest BCUT2D eigenvalue weighted by Crippen LogP contribution is -2.39. The fourth-order valence-corrected chi connectivity index (χ4v) is 5.44. The van der Waals surface area contributed by atoms with Crippen LogP contribution < -0.4 is 11.1 Å². The Labute approximate surface area is 162 Å². The van der Waals surface area contributed by atoms with Crippen molar-refractivity contribution in [2.24, 2.45) is 14.1 Å². The highest BCUT2D eigenvalue weighted by Crippen LogP contribution is 2.28. The topological polar surface area (TPSA) is 81.4 Å². The minimum Gasteiger partial charge on any atom is -0.305 e. The summed E-state index contributed by atoms with van der Waals surface area (Å²) in [7, 11) is -0.753. The summed E-state index contributed by atoms with van der Waals surface area (Å²) in [6.07, 6.45) is 0.662. The SMILES string of the molecule is Cc1cc2c(cc1S(=O)(=O)N1CCc3ccccc3C1)n(C)c(=O)c(=O)n2C. The second-order valence-electron chi connectivity index (χ2n) is 7.19. The van der Waals surface area contributed by atoms with E-state index in [1.807, 2.05) is 24.3 Å². The number of aryl methyl sites for hydroxylation is 3. The molecular weight excluding hydrogens is 378 g/mol. The number of hydrogen-bond donors (Lipinski definition) is 0. The molecule has 0 bridgehead atoms. The first kappa shape index (κ1) is 18.6. The lowest BCUT2D eigenvalue weighted by atomic mass is 10.0. The molecule has 1 aliphatic heterocycles. The van der Waals surface area contributed by atoms with Crippen LogP contribution in [-0.2, 0) is 37.1 Å². The Morgan fingerprint density at radius 1 is 0.893 bits per heavy atom. The second kappa shape index (κ2) is 6.42. The normalized spacial score (nSPS) is 15.0. The maximum Gasteiger partial charge on any atom is 0.316 e. The van der Waals surface area contributed by atoms with Crippen LogP contribution in [0.1, 0.15) is 16.7 Å². The number of sulfonamides is 1. The van der Waals surface area contributed by atoms with E-state index in [2.05, 4.69) is 0 Å². The third-order valence-corrected chi connectivity index (χ3v) is 7.49. The van der Waals surface area contributed by atoms with Crippen molar-refractivity contribution in [3.63, 3.8) is 0 Å². The van der Waals surface area contributed by atoms with E-state index >= 15 is 0 Å². The smallest absolute Gasteiger partial charge is 0.305 e. The molecule has 2 aromatic carbocycles. The van der Waals surface area contributed by atoms with E-state index in [0.29, 0.717) is 36.1 Å². The average molecular weight is 399 g/mol. The maximum atomic E-state index is 13.4. The van der Waals surface area contributed by atoms with Gasteiger partial charge in [-0.05, 0) is 42.2 Å². The van der Waals surface area contributed by atoms with Crippen LogP contribution >= 0.6 is 0 Å². The van der Waals surface area contributed by atoms with E-state index < -0.39 is 21.1 Å². The zero-order valence-electron chi connectivity index (χ0n) is 16.0. The number of benzene rings is 2. The van der Waals surface area contributed by atoms with Crippen LogP contribution in [0.15, 0.2) is 50.9 Å². The molecule has 7 nitrogen and oxygen atoms in total. The van der Waals surface area contributed by atoms with E-state index in [1.54, 1.807) is 13.0 Å². The van der Waals surface area contributed by atoms with Crippen LogP contribution in [0, 0.1) is 6.92 Å². The minimum absolute atomic E-state index is 0.160. The Balaban J connectivity index is 1.88. The number of nitrogens with zero attached hydrogens (tertiary/aromatic N) is 3. The lowest BCUT2D eigenvalue weighted by Gasteiger charge is -2.28. The van der Waals surface area contributed by atoms with Crippen LogP contribution in [-0.4, -0.2) is 28.4 Å². The summed E-state index contributed by atoms with van der Waals surface area (Å²) >= 11 is 0. The molecule has 146 valence electrons. The quantitative estimate of drug-likeness (QED) is 0.608. The highest BCUT2D eigenvalue weighted by atomic mass is 32.2. The largest absolute Gasteiger partial charge is 0.316 e. The summed E-state index contributed by atoms with van der Waals surface area (Å²) in [6, 6.07) is 11.0.